The van der Waals surface area contributed by atoms with Crippen LogP contribution in [0.1, 0.15) is 32.0 Å². The van der Waals surface area contributed by atoms with E-state index < -0.39 is 17.8 Å². The van der Waals surface area contributed by atoms with Gasteiger partial charge in [0.15, 0.2) is 5.82 Å². The third-order valence-corrected chi connectivity index (χ3v) is 5.93. The number of fused-ring (bicyclic) bond motifs is 1. The number of rotatable bonds is 4. The molecular formula is C24H24FN7O2. The molecule has 9 nitrogen and oxygen atoms in total. The van der Waals surface area contributed by atoms with Crippen molar-refractivity contribution in [3.63, 3.8) is 0 Å². The Morgan fingerprint density at radius 2 is 1.94 bits per heavy atom. The summed E-state index contributed by atoms with van der Waals surface area (Å²) in [6.07, 6.45) is 4.09. The Morgan fingerprint density at radius 3 is 2.76 bits per heavy atom. The predicted octanol–water partition coefficient (Wildman–Crippen LogP) is 3.09. The highest BCUT2D eigenvalue weighted by atomic mass is 19.1. The predicted molar refractivity (Wildman–Crippen MR) is 126 cm³/mol. The number of aryl methyl sites for hydroxylation is 1. The molecule has 0 radical (unpaired) electrons. The van der Waals surface area contributed by atoms with E-state index in [1.54, 1.807) is 43.3 Å². The standard InChI is InChI=1S/C24H24FN7O2/c1-15-24(34)32(17-8-4-2-5-9-17)30-21(26-15)23(33)27-19-14-16(11-12-18(19)25)22-29-28-20-10-6-3-7-13-31(20)22/h2,4-5,8-9,11-12,14-15H,3,6-7,10,13H2,1H3,(H,26,30)(H,27,33). The van der Waals surface area contributed by atoms with Crippen LogP contribution in [0.2, 0.25) is 0 Å². The summed E-state index contributed by atoms with van der Waals surface area (Å²) in [6.45, 7) is 2.41. The molecule has 0 spiro atoms. The minimum absolute atomic E-state index is 0.00575. The number of aliphatic imine (C=N–C) groups is 1. The van der Waals surface area contributed by atoms with Crippen molar-refractivity contribution >= 4 is 29.0 Å². The van der Waals surface area contributed by atoms with E-state index in [1.165, 1.54) is 11.1 Å². The summed E-state index contributed by atoms with van der Waals surface area (Å²) < 4.78 is 16.7. The number of benzene rings is 2. The van der Waals surface area contributed by atoms with Crippen LogP contribution in [0.25, 0.3) is 11.4 Å². The molecule has 2 N–H and O–H groups in total. The first-order valence-electron chi connectivity index (χ1n) is 11.3. The number of nitrogens with zero attached hydrogens (tertiary/aromatic N) is 5. The number of amidine groups is 1. The first-order chi connectivity index (χ1) is 16.5. The van der Waals surface area contributed by atoms with Gasteiger partial charge >= 0.3 is 0 Å². The summed E-state index contributed by atoms with van der Waals surface area (Å²) in [4.78, 5) is 29.7. The SMILES string of the molecule is CC1N=C(C(=O)Nc2cc(-c3nnc4n3CCCCC4)ccc2F)NN(c2ccccc2)C1=O. The molecule has 3 aromatic rings. The Labute approximate surface area is 195 Å². The second-order valence-corrected chi connectivity index (χ2v) is 8.33. The number of halogens is 1. The number of hydrogen-bond donors (Lipinski definition) is 2. The Hall–Kier alpha value is -4.08. The van der Waals surface area contributed by atoms with E-state index in [0.717, 1.165) is 38.1 Å². The zero-order valence-electron chi connectivity index (χ0n) is 18.7. The monoisotopic (exact) mass is 461 g/mol. The molecule has 1 aromatic heterocycles. The smallest absolute Gasteiger partial charge is 0.292 e. The van der Waals surface area contributed by atoms with E-state index in [0.29, 0.717) is 17.1 Å². The van der Waals surface area contributed by atoms with E-state index in [-0.39, 0.29) is 17.4 Å². The normalized spacial score (nSPS) is 17.9. The minimum Gasteiger partial charge on any atom is -0.317 e. The Kier molecular flexibility index (Phi) is 5.79. The molecule has 0 aliphatic carbocycles. The second-order valence-electron chi connectivity index (χ2n) is 8.33. The minimum atomic E-state index is -0.773. The molecule has 0 fully saturated rings. The quantitative estimate of drug-likeness (QED) is 0.621. The lowest BCUT2D eigenvalue weighted by atomic mass is 10.1. The summed E-state index contributed by atoms with van der Waals surface area (Å²) in [5, 5.41) is 12.5. The number of para-hydroxylation sites is 1. The largest absolute Gasteiger partial charge is 0.317 e. The van der Waals surface area contributed by atoms with Crippen molar-refractivity contribution in [2.24, 2.45) is 4.99 Å². The van der Waals surface area contributed by atoms with Crippen LogP contribution in [-0.2, 0) is 22.6 Å². The maximum Gasteiger partial charge on any atom is 0.292 e. The molecule has 1 atom stereocenters. The van der Waals surface area contributed by atoms with Crippen LogP contribution in [0.4, 0.5) is 15.8 Å². The van der Waals surface area contributed by atoms with E-state index in [2.05, 4.69) is 30.5 Å². The van der Waals surface area contributed by atoms with Gasteiger partial charge in [-0.2, -0.15) is 0 Å². The van der Waals surface area contributed by atoms with Gasteiger partial charge in [-0.3, -0.25) is 15.0 Å². The van der Waals surface area contributed by atoms with Crippen LogP contribution in [0.3, 0.4) is 0 Å². The molecule has 1 unspecified atom stereocenters. The highest BCUT2D eigenvalue weighted by Crippen LogP contribution is 2.27. The zero-order valence-corrected chi connectivity index (χ0v) is 18.7. The number of anilines is 2. The van der Waals surface area contributed by atoms with Crippen LogP contribution in [0.15, 0.2) is 53.5 Å². The van der Waals surface area contributed by atoms with Gasteiger partial charge in [0, 0.05) is 18.5 Å². The van der Waals surface area contributed by atoms with E-state index in [1.807, 2.05) is 6.07 Å². The fraction of sp³-hybridized carbons (Fsp3) is 0.292. The topological polar surface area (TPSA) is 105 Å². The molecule has 0 saturated carbocycles. The van der Waals surface area contributed by atoms with Crippen LogP contribution in [0.5, 0.6) is 0 Å². The summed E-state index contributed by atoms with van der Waals surface area (Å²) in [7, 11) is 0. The maximum atomic E-state index is 14.6. The average Bonchev–Trinajstić information content (AvgIpc) is 3.10. The molecule has 10 heteroatoms. The van der Waals surface area contributed by atoms with Crippen molar-refractivity contribution in [3.05, 3.63) is 60.2 Å². The first-order valence-corrected chi connectivity index (χ1v) is 11.3. The lowest BCUT2D eigenvalue weighted by Gasteiger charge is -2.30. The summed E-state index contributed by atoms with van der Waals surface area (Å²) in [5.74, 6) is -0.0667. The molecular weight excluding hydrogens is 437 g/mol. The highest BCUT2D eigenvalue weighted by Gasteiger charge is 2.31. The van der Waals surface area contributed by atoms with Crippen molar-refractivity contribution in [2.75, 3.05) is 10.3 Å². The molecule has 3 heterocycles. The van der Waals surface area contributed by atoms with Gasteiger partial charge in [0.25, 0.3) is 11.8 Å². The third kappa shape index (κ3) is 4.14. The number of nitrogens with one attached hydrogen (secondary N) is 2. The Morgan fingerprint density at radius 1 is 1.12 bits per heavy atom. The van der Waals surface area contributed by atoms with Gasteiger partial charge in [-0.1, -0.05) is 24.6 Å². The van der Waals surface area contributed by atoms with Gasteiger partial charge in [0.2, 0.25) is 5.84 Å². The summed E-state index contributed by atoms with van der Waals surface area (Å²) >= 11 is 0. The molecule has 0 saturated heterocycles. The van der Waals surface area contributed by atoms with Gasteiger partial charge in [0.05, 0.1) is 11.4 Å². The number of hydrazine groups is 1. The third-order valence-electron chi connectivity index (χ3n) is 5.93. The van der Waals surface area contributed by atoms with Crippen molar-refractivity contribution in [3.8, 4) is 11.4 Å². The second kappa shape index (κ2) is 9.05. The van der Waals surface area contributed by atoms with Crippen LogP contribution >= 0.6 is 0 Å². The molecule has 2 amide bonds. The van der Waals surface area contributed by atoms with Crippen LogP contribution < -0.4 is 15.8 Å². The number of aromatic nitrogens is 3. The first kappa shape index (κ1) is 21.7. The number of amides is 2. The van der Waals surface area contributed by atoms with E-state index in [9.17, 15) is 14.0 Å². The molecule has 174 valence electrons. The van der Waals surface area contributed by atoms with Gasteiger partial charge in [-0.15, -0.1) is 10.2 Å². The molecule has 5 rings (SSSR count). The molecule has 2 aromatic carbocycles. The van der Waals surface area contributed by atoms with Gasteiger partial charge in [-0.05, 0) is 50.1 Å². The number of hydrogen-bond acceptors (Lipinski definition) is 6. The molecule has 0 bridgehead atoms. The lowest BCUT2D eigenvalue weighted by Crippen LogP contribution is -2.57. The Balaban J connectivity index is 1.39. The maximum absolute atomic E-state index is 14.6. The van der Waals surface area contributed by atoms with Crippen molar-refractivity contribution in [1.29, 1.82) is 0 Å². The zero-order chi connectivity index (χ0) is 23.7. The average molecular weight is 462 g/mol. The Bertz CT molecular complexity index is 1270. The fourth-order valence-electron chi connectivity index (χ4n) is 4.14. The van der Waals surface area contributed by atoms with Gasteiger partial charge in [-0.25, -0.2) is 14.4 Å². The van der Waals surface area contributed by atoms with Crippen molar-refractivity contribution < 1.29 is 14.0 Å². The van der Waals surface area contributed by atoms with Crippen LogP contribution in [0, 0.1) is 5.82 Å². The van der Waals surface area contributed by atoms with Crippen molar-refractivity contribution in [2.45, 2.75) is 45.2 Å². The molecule has 2 aliphatic rings. The van der Waals surface area contributed by atoms with Crippen LogP contribution in [-0.4, -0.2) is 38.5 Å². The number of carbonyl (C=O) groups excluding carboxylic acids is 2. The summed E-state index contributed by atoms with van der Waals surface area (Å²) in [6, 6.07) is 12.6. The highest BCUT2D eigenvalue weighted by molar-refractivity contribution is 6.43. The van der Waals surface area contributed by atoms with E-state index in [4.69, 9.17) is 0 Å². The molecule has 34 heavy (non-hydrogen) atoms. The number of carbonyl (C=O) groups is 2. The molecule has 2 aliphatic heterocycles. The lowest BCUT2D eigenvalue weighted by molar-refractivity contribution is -0.120. The van der Waals surface area contributed by atoms with Gasteiger partial charge < -0.3 is 9.88 Å². The van der Waals surface area contributed by atoms with Gasteiger partial charge in [0.1, 0.15) is 17.7 Å². The fourth-order valence-corrected chi connectivity index (χ4v) is 4.14. The van der Waals surface area contributed by atoms with E-state index >= 15 is 0 Å². The summed E-state index contributed by atoms with van der Waals surface area (Å²) in [5.41, 5.74) is 3.97. The van der Waals surface area contributed by atoms with Crippen molar-refractivity contribution in [1.82, 2.24) is 20.2 Å².